The lowest BCUT2D eigenvalue weighted by Gasteiger charge is -2.20. The zero-order chi connectivity index (χ0) is 21.0. The molecule has 3 aromatic rings. The van der Waals surface area contributed by atoms with Crippen molar-refractivity contribution in [2.45, 2.75) is 39.7 Å². The minimum atomic E-state index is -0.0251. The predicted molar refractivity (Wildman–Crippen MR) is 116 cm³/mol. The van der Waals surface area contributed by atoms with Crippen LogP contribution in [0, 0.1) is 18.3 Å². The van der Waals surface area contributed by atoms with E-state index in [1.165, 1.54) is 0 Å². The number of rotatable bonds is 5. The van der Waals surface area contributed by atoms with E-state index < -0.39 is 0 Å². The van der Waals surface area contributed by atoms with E-state index in [1.54, 1.807) is 7.11 Å². The van der Waals surface area contributed by atoms with Gasteiger partial charge in [-0.25, -0.2) is 9.97 Å². The third kappa shape index (κ3) is 4.91. The highest BCUT2D eigenvalue weighted by molar-refractivity contribution is 5.67. The van der Waals surface area contributed by atoms with Gasteiger partial charge >= 0.3 is 0 Å². The molecule has 1 N–H and O–H groups in total. The maximum atomic E-state index is 9.67. The second-order valence-electron chi connectivity index (χ2n) is 8.04. The van der Waals surface area contributed by atoms with Crippen molar-refractivity contribution in [2.24, 2.45) is 0 Å². The highest BCUT2D eigenvalue weighted by Crippen LogP contribution is 2.28. The Morgan fingerprint density at radius 2 is 1.76 bits per heavy atom. The summed E-state index contributed by atoms with van der Waals surface area (Å²) in [5.41, 5.74) is 4.39. The molecule has 0 atom stereocenters. The van der Waals surface area contributed by atoms with Crippen molar-refractivity contribution in [3.63, 3.8) is 0 Å². The van der Waals surface area contributed by atoms with E-state index >= 15 is 0 Å². The van der Waals surface area contributed by atoms with Crippen molar-refractivity contribution < 1.29 is 4.74 Å². The monoisotopic (exact) mass is 386 g/mol. The number of nitrogens with one attached hydrogen (secondary N) is 1. The molecule has 29 heavy (non-hydrogen) atoms. The van der Waals surface area contributed by atoms with Crippen molar-refractivity contribution >= 4 is 5.82 Å². The van der Waals surface area contributed by atoms with Crippen molar-refractivity contribution in [1.82, 2.24) is 9.97 Å². The van der Waals surface area contributed by atoms with Crippen LogP contribution in [0.25, 0.3) is 11.4 Å². The van der Waals surface area contributed by atoms with Gasteiger partial charge in [-0.2, -0.15) is 5.26 Å². The fourth-order valence-corrected chi connectivity index (χ4v) is 3.01. The first kappa shape index (κ1) is 20.3. The van der Waals surface area contributed by atoms with Crippen LogP contribution in [0.1, 0.15) is 43.2 Å². The molecule has 2 aromatic carbocycles. The first-order chi connectivity index (χ1) is 13.8. The van der Waals surface area contributed by atoms with Gasteiger partial charge in [-0.05, 0) is 47.7 Å². The fraction of sp³-hybridized carbons (Fsp3) is 0.292. The predicted octanol–water partition coefficient (Wildman–Crippen LogP) is 5.24. The van der Waals surface area contributed by atoms with Crippen LogP contribution in [0.2, 0.25) is 0 Å². The summed E-state index contributed by atoms with van der Waals surface area (Å²) in [6, 6.07) is 18.0. The van der Waals surface area contributed by atoms with E-state index in [-0.39, 0.29) is 5.41 Å². The van der Waals surface area contributed by atoms with Gasteiger partial charge < -0.3 is 10.1 Å². The van der Waals surface area contributed by atoms with Crippen molar-refractivity contribution in [1.29, 1.82) is 5.26 Å². The third-order valence-corrected chi connectivity index (χ3v) is 4.73. The van der Waals surface area contributed by atoms with Gasteiger partial charge in [-0.15, -0.1) is 0 Å². The number of hydrogen-bond donors (Lipinski definition) is 1. The Hall–Kier alpha value is -3.39. The first-order valence-corrected chi connectivity index (χ1v) is 9.57. The van der Waals surface area contributed by atoms with E-state index in [0.717, 1.165) is 34.0 Å². The van der Waals surface area contributed by atoms with Gasteiger partial charge in [-0.1, -0.05) is 39.0 Å². The van der Waals surface area contributed by atoms with Crippen molar-refractivity contribution in [3.05, 3.63) is 70.9 Å². The Morgan fingerprint density at radius 3 is 2.38 bits per heavy atom. The molecule has 0 aliphatic rings. The molecule has 0 saturated carbocycles. The highest BCUT2D eigenvalue weighted by atomic mass is 16.5. The molecular formula is C24H26N4O. The van der Waals surface area contributed by atoms with Gasteiger partial charge in [0.1, 0.15) is 11.6 Å². The molecule has 0 aliphatic carbocycles. The van der Waals surface area contributed by atoms with Gasteiger partial charge in [0.2, 0.25) is 0 Å². The van der Waals surface area contributed by atoms with Gasteiger partial charge in [0.05, 0.1) is 18.7 Å². The van der Waals surface area contributed by atoms with Crippen LogP contribution < -0.4 is 10.1 Å². The molecule has 0 amide bonds. The SMILES string of the molecule is COc1ccc(CNc2cc(C)nc(-c3ccc(C(C)(C)C)cc3C#N)n2)cc1. The molecule has 0 saturated heterocycles. The van der Waals surface area contributed by atoms with Gasteiger partial charge in [0, 0.05) is 23.9 Å². The summed E-state index contributed by atoms with van der Waals surface area (Å²) >= 11 is 0. The zero-order valence-electron chi connectivity index (χ0n) is 17.6. The highest BCUT2D eigenvalue weighted by Gasteiger charge is 2.17. The van der Waals surface area contributed by atoms with Gasteiger partial charge in [-0.3, -0.25) is 0 Å². The fourth-order valence-electron chi connectivity index (χ4n) is 3.01. The molecule has 0 spiro atoms. The summed E-state index contributed by atoms with van der Waals surface area (Å²) in [6.07, 6.45) is 0. The zero-order valence-corrected chi connectivity index (χ0v) is 17.6. The molecule has 3 rings (SSSR count). The molecule has 0 unspecified atom stereocenters. The summed E-state index contributed by atoms with van der Waals surface area (Å²) in [7, 11) is 1.65. The molecule has 5 heteroatoms. The minimum absolute atomic E-state index is 0.0251. The minimum Gasteiger partial charge on any atom is -0.497 e. The lowest BCUT2D eigenvalue weighted by Crippen LogP contribution is -2.11. The first-order valence-electron chi connectivity index (χ1n) is 9.57. The number of methoxy groups -OCH3 is 1. The maximum Gasteiger partial charge on any atom is 0.163 e. The Kier molecular flexibility index (Phi) is 5.84. The molecule has 148 valence electrons. The molecule has 0 fully saturated rings. The number of hydrogen-bond acceptors (Lipinski definition) is 5. The average molecular weight is 386 g/mol. The van der Waals surface area contributed by atoms with Crippen LogP contribution in [-0.2, 0) is 12.0 Å². The van der Waals surface area contributed by atoms with E-state index in [4.69, 9.17) is 4.74 Å². The topological polar surface area (TPSA) is 70.8 Å². The number of ether oxygens (including phenoxy) is 1. The van der Waals surface area contributed by atoms with Gasteiger partial charge in [0.15, 0.2) is 5.82 Å². The van der Waals surface area contributed by atoms with Crippen molar-refractivity contribution in [3.8, 4) is 23.2 Å². The van der Waals surface area contributed by atoms with Crippen molar-refractivity contribution in [2.75, 3.05) is 12.4 Å². The van der Waals surface area contributed by atoms with Crippen LogP contribution >= 0.6 is 0 Å². The second-order valence-corrected chi connectivity index (χ2v) is 8.04. The number of benzene rings is 2. The van der Waals surface area contributed by atoms with Crippen LogP contribution in [0.4, 0.5) is 5.82 Å². The van der Waals surface area contributed by atoms with E-state index in [0.29, 0.717) is 17.9 Å². The number of nitrogens with zero attached hydrogens (tertiary/aromatic N) is 3. The van der Waals surface area contributed by atoms with Crippen LogP contribution in [0.15, 0.2) is 48.5 Å². The molecule has 5 nitrogen and oxygen atoms in total. The van der Waals surface area contributed by atoms with E-state index in [2.05, 4.69) is 42.1 Å². The lowest BCUT2D eigenvalue weighted by atomic mass is 9.85. The Labute approximate surface area is 172 Å². The second kappa shape index (κ2) is 8.32. The molecule has 0 radical (unpaired) electrons. The number of aryl methyl sites for hydroxylation is 1. The van der Waals surface area contributed by atoms with E-state index in [1.807, 2.05) is 55.5 Å². The Balaban J connectivity index is 1.88. The average Bonchev–Trinajstić information content (AvgIpc) is 2.71. The van der Waals surface area contributed by atoms with Crippen LogP contribution in [0.3, 0.4) is 0 Å². The summed E-state index contributed by atoms with van der Waals surface area (Å²) < 4.78 is 5.20. The summed E-state index contributed by atoms with van der Waals surface area (Å²) in [5.74, 6) is 2.11. The Morgan fingerprint density at radius 1 is 1.03 bits per heavy atom. The number of anilines is 1. The lowest BCUT2D eigenvalue weighted by molar-refractivity contribution is 0.414. The molecule has 0 bridgehead atoms. The van der Waals surface area contributed by atoms with Crippen LogP contribution in [0.5, 0.6) is 5.75 Å². The Bertz CT molecular complexity index is 1040. The summed E-state index contributed by atoms with van der Waals surface area (Å²) in [4.78, 5) is 9.22. The number of nitriles is 1. The molecule has 1 heterocycles. The summed E-state index contributed by atoms with van der Waals surface area (Å²) in [6.45, 7) is 8.96. The van der Waals surface area contributed by atoms with Gasteiger partial charge in [0.25, 0.3) is 0 Å². The third-order valence-electron chi connectivity index (χ3n) is 4.73. The summed E-state index contributed by atoms with van der Waals surface area (Å²) in [5, 5.41) is 13.0. The largest absolute Gasteiger partial charge is 0.497 e. The van der Waals surface area contributed by atoms with E-state index in [9.17, 15) is 5.26 Å². The standard InChI is InChI=1S/C24H26N4O/c1-16-12-22(26-15-17-6-9-20(29-5)10-7-17)28-23(27-16)21-11-8-19(24(2,3)4)13-18(21)14-25/h6-13H,15H2,1-5H3,(H,26,27,28). The molecule has 1 aromatic heterocycles. The molecular weight excluding hydrogens is 360 g/mol. The van der Waals surface area contributed by atoms with Crippen LogP contribution in [-0.4, -0.2) is 17.1 Å². The smallest absolute Gasteiger partial charge is 0.163 e. The molecule has 0 aliphatic heterocycles. The maximum absolute atomic E-state index is 9.67. The normalized spacial score (nSPS) is 11.0. The number of aromatic nitrogens is 2. The quantitative estimate of drug-likeness (QED) is 0.649.